The maximum atomic E-state index is 11.8. The van der Waals surface area contributed by atoms with E-state index >= 15 is 0 Å². The Bertz CT molecular complexity index is 417. The van der Waals surface area contributed by atoms with E-state index < -0.39 is 11.9 Å². The second-order valence-electron chi connectivity index (χ2n) is 4.82. The highest BCUT2D eigenvalue weighted by molar-refractivity contribution is 5.86. The smallest absolute Gasteiger partial charge is 0.240 e. The Labute approximate surface area is 114 Å². The normalized spacial score (nSPS) is 13.6. The van der Waals surface area contributed by atoms with Crippen molar-refractivity contribution >= 4 is 11.8 Å². The van der Waals surface area contributed by atoms with Gasteiger partial charge in [0.25, 0.3) is 0 Å². The van der Waals surface area contributed by atoms with Gasteiger partial charge in [0.1, 0.15) is 6.04 Å². The average molecular weight is 262 g/mol. The summed E-state index contributed by atoms with van der Waals surface area (Å²) < 4.78 is 0. The second kappa shape index (κ2) is 7.56. The largest absolute Gasteiger partial charge is 0.368 e. The van der Waals surface area contributed by atoms with Gasteiger partial charge in [-0.1, -0.05) is 50.6 Å². The standard InChI is InChI=1S/C15H22N2O2/c1-3-11(2)14(15(16)19)17-13(18)10-9-12-7-5-4-6-8-12/h4-8,11,14H,3,9-10H2,1-2H3,(H2,16,19)(H,17,18)/t11-,14+/m1/s1. The Kier molecular flexibility index (Phi) is 6.06. The Morgan fingerprint density at radius 1 is 1.26 bits per heavy atom. The molecule has 4 nitrogen and oxygen atoms in total. The molecule has 0 bridgehead atoms. The van der Waals surface area contributed by atoms with Crippen molar-refractivity contribution in [1.29, 1.82) is 0 Å². The summed E-state index contributed by atoms with van der Waals surface area (Å²) in [7, 11) is 0. The molecule has 1 aromatic rings. The molecule has 104 valence electrons. The van der Waals surface area contributed by atoms with Crippen LogP contribution in [0.3, 0.4) is 0 Å². The van der Waals surface area contributed by atoms with Crippen LogP contribution < -0.4 is 11.1 Å². The van der Waals surface area contributed by atoms with E-state index in [1.165, 1.54) is 0 Å². The fraction of sp³-hybridized carbons (Fsp3) is 0.467. The van der Waals surface area contributed by atoms with E-state index in [1.54, 1.807) is 0 Å². The number of nitrogens with two attached hydrogens (primary N) is 1. The predicted octanol–water partition coefficient (Wildman–Crippen LogP) is 1.64. The van der Waals surface area contributed by atoms with E-state index in [-0.39, 0.29) is 11.8 Å². The lowest BCUT2D eigenvalue weighted by Crippen LogP contribution is -2.48. The lowest BCUT2D eigenvalue weighted by molar-refractivity contribution is -0.128. The minimum atomic E-state index is -0.576. The van der Waals surface area contributed by atoms with Crippen LogP contribution in [0.4, 0.5) is 0 Å². The molecule has 1 rings (SSSR count). The summed E-state index contributed by atoms with van der Waals surface area (Å²) in [6.45, 7) is 3.88. The van der Waals surface area contributed by atoms with Crippen LogP contribution in [-0.4, -0.2) is 17.9 Å². The summed E-state index contributed by atoms with van der Waals surface area (Å²) in [6.07, 6.45) is 1.83. The van der Waals surface area contributed by atoms with Gasteiger partial charge in [-0.2, -0.15) is 0 Å². The van der Waals surface area contributed by atoms with E-state index in [1.807, 2.05) is 44.2 Å². The maximum absolute atomic E-state index is 11.8. The number of aryl methyl sites for hydroxylation is 1. The minimum absolute atomic E-state index is 0.0539. The number of benzene rings is 1. The van der Waals surface area contributed by atoms with Crippen molar-refractivity contribution in [2.75, 3.05) is 0 Å². The summed E-state index contributed by atoms with van der Waals surface area (Å²) in [5.74, 6) is -0.548. The molecule has 19 heavy (non-hydrogen) atoms. The molecule has 0 saturated carbocycles. The SMILES string of the molecule is CC[C@@H](C)[C@H](NC(=O)CCc1ccccc1)C(N)=O. The molecule has 1 aromatic carbocycles. The number of nitrogens with one attached hydrogen (secondary N) is 1. The number of hydrogen-bond donors (Lipinski definition) is 2. The molecule has 0 saturated heterocycles. The maximum Gasteiger partial charge on any atom is 0.240 e. The number of amides is 2. The van der Waals surface area contributed by atoms with Gasteiger partial charge in [-0.3, -0.25) is 9.59 Å². The number of rotatable bonds is 7. The highest BCUT2D eigenvalue weighted by Crippen LogP contribution is 2.08. The molecule has 0 heterocycles. The fourth-order valence-corrected chi connectivity index (χ4v) is 1.88. The van der Waals surface area contributed by atoms with Crippen molar-refractivity contribution in [3.05, 3.63) is 35.9 Å². The van der Waals surface area contributed by atoms with E-state index in [9.17, 15) is 9.59 Å². The summed E-state index contributed by atoms with van der Waals surface area (Å²) in [6, 6.07) is 9.21. The van der Waals surface area contributed by atoms with Crippen LogP contribution >= 0.6 is 0 Å². The zero-order valence-electron chi connectivity index (χ0n) is 11.6. The molecule has 0 aliphatic rings. The summed E-state index contributed by atoms with van der Waals surface area (Å²) >= 11 is 0. The summed E-state index contributed by atoms with van der Waals surface area (Å²) in [5.41, 5.74) is 6.42. The molecule has 0 fully saturated rings. The second-order valence-corrected chi connectivity index (χ2v) is 4.82. The van der Waals surface area contributed by atoms with E-state index in [0.717, 1.165) is 12.0 Å². The molecule has 0 spiro atoms. The molecular weight excluding hydrogens is 240 g/mol. The van der Waals surface area contributed by atoms with Crippen molar-refractivity contribution in [3.8, 4) is 0 Å². The highest BCUT2D eigenvalue weighted by Gasteiger charge is 2.23. The average Bonchev–Trinajstić information content (AvgIpc) is 2.42. The van der Waals surface area contributed by atoms with Crippen LogP contribution in [-0.2, 0) is 16.0 Å². The Morgan fingerprint density at radius 3 is 2.42 bits per heavy atom. The van der Waals surface area contributed by atoms with Crippen LogP contribution in [0.15, 0.2) is 30.3 Å². The molecule has 4 heteroatoms. The van der Waals surface area contributed by atoms with Gasteiger partial charge in [0.15, 0.2) is 0 Å². The van der Waals surface area contributed by atoms with Gasteiger partial charge in [-0.25, -0.2) is 0 Å². The fourth-order valence-electron chi connectivity index (χ4n) is 1.88. The summed E-state index contributed by atoms with van der Waals surface area (Å²) in [4.78, 5) is 23.1. The molecule has 0 radical (unpaired) electrons. The Balaban J connectivity index is 2.47. The van der Waals surface area contributed by atoms with Gasteiger partial charge in [0, 0.05) is 6.42 Å². The van der Waals surface area contributed by atoms with Gasteiger partial charge >= 0.3 is 0 Å². The monoisotopic (exact) mass is 262 g/mol. The van der Waals surface area contributed by atoms with Crippen molar-refractivity contribution in [3.63, 3.8) is 0 Å². The topological polar surface area (TPSA) is 72.2 Å². The zero-order chi connectivity index (χ0) is 14.3. The van der Waals surface area contributed by atoms with Crippen molar-refractivity contribution in [2.24, 2.45) is 11.7 Å². The highest BCUT2D eigenvalue weighted by atomic mass is 16.2. The quantitative estimate of drug-likeness (QED) is 0.784. The third-order valence-corrected chi connectivity index (χ3v) is 3.32. The van der Waals surface area contributed by atoms with Gasteiger partial charge in [0.05, 0.1) is 0 Å². The first-order chi connectivity index (χ1) is 9.04. The van der Waals surface area contributed by atoms with Crippen LogP contribution in [0, 0.1) is 5.92 Å². The predicted molar refractivity (Wildman–Crippen MR) is 75.3 cm³/mol. The van der Waals surface area contributed by atoms with E-state index in [0.29, 0.717) is 12.8 Å². The lowest BCUT2D eigenvalue weighted by atomic mass is 9.98. The van der Waals surface area contributed by atoms with Crippen LogP contribution in [0.1, 0.15) is 32.3 Å². The van der Waals surface area contributed by atoms with Crippen LogP contribution in [0.2, 0.25) is 0 Å². The minimum Gasteiger partial charge on any atom is -0.368 e. The molecule has 2 amide bonds. The van der Waals surface area contributed by atoms with Gasteiger partial charge in [-0.05, 0) is 17.9 Å². The summed E-state index contributed by atoms with van der Waals surface area (Å²) in [5, 5.41) is 2.72. The molecule has 2 atom stereocenters. The zero-order valence-corrected chi connectivity index (χ0v) is 11.6. The van der Waals surface area contributed by atoms with Gasteiger partial charge < -0.3 is 11.1 Å². The molecular formula is C15H22N2O2. The van der Waals surface area contributed by atoms with Crippen LogP contribution in [0.25, 0.3) is 0 Å². The number of primary amides is 1. The molecule has 0 aliphatic heterocycles. The molecule has 3 N–H and O–H groups in total. The van der Waals surface area contributed by atoms with Crippen molar-refractivity contribution in [1.82, 2.24) is 5.32 Å². The number of hydrogen-bond acceptors (Lipinski definition) is 2. The Hall–Kier alpha value is -1.84. The van der Waals surface area contributed by atoms with Gasteiger partial charge in [0.2, 0.25) is 11.8 Å². The first-order valence-corrected chi connectivity index (χ1v) is 6.67. The number of carbonyl (C=O) groups is 2. The first-order valence-electron chi connectivity index (χ1n) is 6.67. The molecule has 0 aromatic heterocycles. The molecule has 0 aliphatic carbocycles. The van der Waals surface area contributed by atoms with Crippen molar-refractivity contribution < 1.29 is 9.59 Å². The Morgan fingerprint density at radius 2 is 1.89 bits per heavy atom. The molecule has 0 unspecified atom stereocenters. The first kappa shape index (κ1) is 15.2. The van der Waals surface area contributed by atoms with Gasteiger partial charge in [-0.15, -0.1) is 0 Å². The lowest BCUT2D eigenvalue weighted by Gasteiger charge is -2.21. The van der Waals surface area contributed by atoms with E-state index in [2.05, 4.69) is 5.32 Å². The third-order valence-electron chi connectivity index (χ3n) is 3.32. The third kappa shape index (κ3) is 5.12. The number of carbonyl (C=O) groups excluding carboxylic acids is 2. The van der Waals surface area contributed by atoms with Crippen LogP contribution in [0.5, 0.6) is 0 Å². The van der Waals surface area contributed by atoms with Crippen molar-refractivity contribution in [2.45, 2.75) is 39.2 Å². The van der Waals surface area contributed by atoms with E-state index in [4.69, 9.17) is 5.73 Å².